The summed E-state index contributed by atoms with van der Waals surface area (Å²) in [5.74, 6) is -1.60. The van der Waals surface area contributed by atoms with E-state index in [9.17, 15) is 28.9 Å². The molecular formula is C60H99O11P. The number of allylic oxidation sites excluding steroid dienone is 18. The van der Waals surface area contributed by atoms with Crippen LogP contribution >= 0.6 is 7.82 Å². The van der Waals surface area contributed by atoms with Crippen LogP contribution in [0, 0.1) is 0 Å². The third-order valence-electron chi connectivity index (χ3n) is 11.1. The molecule has 0 aromatic carbocycles. The van der Waals surface area contributed by atoms with Gasteiger partial charge in [0.05, 0.1) is 19.8 Å². The second-order valence-corrected chi connectivity index (χ2v) is 19.5. The number of phosphoric ester groups is 1. The zero-order valence-corrected chi connectivity index (χ0v) is 46.0. The molecule has 410 valence electrons. The molecule has 0 radical (unpaired) electrons. The van der Waals surface area contributed by atoms with E-state index >= 15 is 0 Å². The van der Waals surface area contributed by atoms with E-state index in [4.69, 9.17) is 23.3 Å². The van der Waals surface area contributed by atoms with Gasteiger partial charge in [0, 0.05) is 19.3 Å². The highest BCUT2D eigenvalue weighted by atomic mass is 31.2. The molecule has 0 spiro atoms. The molecule has 3 atom stereocenters. The summed E-state index contributed by atoms with van der Waals surface area (Å²) >= 11 is 0. The van der Waals surface area contributed by atoms with E-state index in [1.54, 1.807) is 0 Å². The molecule has 0 aromatic rings. The van der Waals surface area contributed by atoms with E-state index in [1.165, 1.54) is 25.7 Å². The van der Waals surface area contributed by atoms with Gasteiger partial charge in [-0.15, -0.1) is 0 Å². The number of esters is 3. The first-order valence-corrected chi connectivity index (χ1v) is 29.3. The standard InChI is InChI=1S/C60H99O11P/c1-4-7-10-13-16-19-22-25-26-27-28-29-30-33-36-39-42-45-48-51-60(64)71-57(53-67-58(62)49-46-43-40-37-34-31-23-20-17-14-11-8-5-2)55-69-72(65,66)68-54-56(52-61)70-59(63)50-47-44-41-38-35-32-24-21-18-15-12-9-6-3/h8,11-12,15-17,19-21,24-26,28-29,31,34,40,43,56-57,61H,4-7,9-10,13-14,18,22-23,27,30,32-33,35-39,41-42,44-55H2,1-3H3,(H,65,66)/b11-8-,15-12-,19-16-,20-17-,24-21-,26-25-,29-28-,34-31-,43-40-. The number of phosphoric acid groups is 1. The van der Waals surface area contributed by atoms with Gasteiger partial charge in [0.25, 0.3) is 0 Å². The highest BCUT2D eigenvalue weighted by Gasteiger charge is 2.28. The minimum absolute atomic E-state index is 0.0963. The number of carbonyl (C=O) groups is 3. The topological polar surface area (TPSA) is 155 Å². The molecular weight excluding hydrogens is 928 g/mol. The highest BCUT2D eigenvalue weighted by Crippen LogP contribution is 2.43. The maximum Gasteiger partial charge on any atom is 0.472 e. The number of aliphatic hydroxyl groups excluding tert-OH is 1. The lowest BCUT2D eigenvalue weighted by Gasteiger charge is -2.21. The predicted molar refractivity (Wildman–Crippen MR) is 297 cm³/mol. The van der Waals surface area contributed by atoms with Gasteiger partial charge in [-0.05, 0) is 109 Å². The Bertz CT molecular complexity index is 1620. The molecule has 0 aromatic heterocycles. The zero-order valence-electron chi connectivity index (χ0n) is 45.1. The Morgan fingerprint density at radius 1 is 0.403 bits per heavy atom. The third kappa shape index (κ3) is 51.1. The first kappa shape index (κ1) is 68.1. The van der Waals surface area contributed by atoms with Crippen molar-refractivity contribution in [2.45, 2.75) is 226 Å². The summed E-state index contributed by atoms with van der Waals surface area (Å²) in [4.78, 5) is 48.4. The van der Waals surface area contributed by atoms with Crippen molar-refractivity contribution < 1.29 is 52.2 Å². The lowest BCUT2D eigenvalue weighted by Crippen LogP contribution is -2.30. The van der Waals surface area contributed by atoms with Crippen LogP contribution in [-0.4, -0.2) is 66.5 Å². The lowest BCUT2D eigenvalue weighted by molar-refractivity contribution is -0.161. The number of ether oxygens (including phenoxy) is 3. The summed E-state index contributed by atoms with van der Waals surface area (Å²) in [7, 11) is -4.77. The number of rotatable bonds is 50. The van der Waals surface area contributed by atoms with Crippen molar-refractivity contribution in [1.82, 2.24) is 0 Å². The van der Waals surface area contributed by atoms with E-state index in [0.717, 1.165) is 128 Å². The molecule has 0 aliphatic rings. The Kier molecular flexibility index (Phi) is 50.6. The van der Waals surface area contributed by atoms with Crippen molar-refractivity contribution in [2.24, 2.45) is 0 Å². The Balaban J connectivity index is 4.84. The Hall–Kier alpha value is -3.86. The molecule has 0 saturated heterocycles. The van der Waals surface area contributed by atoms with Crippen molar-refractivity contribution in [2.75, 3.05) is 26.4 Å². The molecule has 11 nitrogen and oxygen atoms in total. The molecule has 0 aliphatic carbocycles. The minimum atomic E-state index is -4.77. The first-order valence-electron chi connectivity index (χ1n) is 27.8. The van der Waals surface area contributed by atoms with E-state index in [1.807, 2.05) is 12.2 Å². The fraction of sp³-hybridized carbons (Fsp3) is 0.650. The molecule has 0 bridgehead atoms. The van der Waals surface area contributed by atoms with Crippen LogP contribution in [0.25, 0.3) is 0 Å². The van der Waals surface area contributed by atoms with Crippen molar-refractivity contribution in [3.63, 3.8) is 0 Å². The Morgan fingerprint density at radius 2 is 0.778 bits per heavy atom. The van der Waals surface area contributed by atoms with Crippen LogP contribution in [0.2, 0.25) is 0 Å². The van der Waals surface area contributed by atoms with E-state index in [-0.39, 0.29) is 25.9 Å². The molecule has 0 aliphatic heterocycles. The van der Waals surface area contributed by atoms with Crippen molar-refractivity contribution in [1.29, 1.82) is 0 Å². The molecule has 12 heteroatoms. The maximum absolute atomic E-state index is 12.9. The van der Waals surface area contributed by atoms with Crippen LogP contribution in [0.4, 0.5) is 0 Å². The number of hydrogen-bond acceptors (Lipinski definition) is 10. The van der Waals surface area contributed by atoms with Gasteiger partial charge < -0.3 is 24.2 Å². The molecule has 0 saturated carbocycles. The monoisotopic (exact) mass is 1030 g/mol. The van der Waals surface area contributed by atoms with Crippen LogP contribution in [-0.2, 0) is 42.2 Å². The number of hydrogen-bond donors (Lipinski definition) is 2. The quantitative estimate of drug-likeness (QED) is 0.0197. The normalized spacial score (nSPS) is 14.2. The van der Waals surface area contributed by atoms with Gasteiger partial charge in [0.1, 0.15) is 12.7 Å². The number of carbonyl (C=O) groups excluding carboxylic acids is 3. The van der Waals surface area contributed by atoms with Crippen LogP contribution in [0.5, 0.6) is 0 Å². The number of aliphatic hydroxyl groups is 1. The Labute approximate surface area is 437 Å². The van der Waals surface area contributed by atoms with Gasteiger partial charge in [-0.3, -0.25) is 23.4 Å². The fourth-order valence-corrected chi connectivity index (χ4v) is 7.73. The van der Waals surface area contributed by atoms with Gasteiger partial charge in [-0.25, -0.2) is 4.57 Å². The SMILES string of the molecule is CC/C=C\C/C=C\C/C=C\C/C=C\CCC(=O)OCC(COP(=O)(O)OCC(CO)OC(=O)CCCCCCC/C=C\C/C=C\CCC)OC(=O)CCCCCCCC/C=C\C/C=C\C/C=C\CCCCC. The molecule has 72 heavy (non-hydrogen) atoms. The largest absolute Gasteiger partial charge is 0.472 e. The van der Waals surface area contributed by atoms with Crippen molar-refractivity contribution in [3.05, 3.63) is 109 Å². The average molecular weight is 1030 g/mol. The van der Waals surface area contributed by atoms with Crippen molar-refractivity contribution >= 4 is 25.7 Å². The highest BCUT2D eigenvalue weighted by molar-refractivity contribution is 7.47. The Morgan fingerprint density at radius 3 is 1.22 bits per heavy atom. The molecule has 0 heterocycles. The maximum atomic E-state index is 12.9. The van der Waals surface area contributed by atoms with Crippen LogP contribution in [0.15, 0.2) is 109 Å². The van der Waals surface area contributed by atoms with Gasteiger partial charge in [0.15, 0.2) is 6.10 Å². The minimum Gasteiger partial charge on any atom is -0.462 e. The molecule has 3 unspecified atom stereocenters. The average Bonchev–Trinajstić information content (AvgIpc) is 3.37. The smallest absolute Gasteiger partial charge is 0.462 e. The van der Waals surface area contributed by atoms with Gasteiger partial charge in [-0.1, -0.05) is 194 Å². The lowest BCUT2D eigenvalue weighted by atomic mass is 10.1. The van der Waals surface area contributed by atoms with Crippen molar-refractivity contribution in [3.8, 4) is 0 Å². The summed E-state index contributed by atoms with van der Waals surface area (Å²) in [5, 5.41) is 9.79. The molecule has 0 amide bonds. The third-order valence-corrected chi connectivity index (χ3v) is 12.1. The van der Waals surface area contributed by atoms with E-state index < -0.39 is 57.8 Å². The summed E-state index contributed by atoms with van der Waals surface area (Å²) in [6.45, 7) is 4.30. The predicted octanol–water partition coefficient (Wildman–Crippen LogP) is 16.2. The van der Waals surface area contributed by atoms with Crippen LogP contribution < -0.4 is 0 Å². The second kappa shape index (κ2) is 53.4. The molecule has 0 rings (SSSR count). The fourth-order valence-electron chi connectivity index (χ4n) is 6.94. The van der Waals surface area contributed by atoms with E-state index in [0.29, 0.717) is 19.3 Å². The number of unbranched alkanes of at least 4 members (excludes halogenated alkanes) is 15. The van der Waals surface area contributed by atoms with E-state index in [2.05, 4.69) is 118 Å². The molecule has 2 N–H and O–H groups in total. The zero-order chi connectivity index (χ0) is 52.7. The van der Waals surface area contributed by atoms with Gasteiger partial charge in [0.2, 0.25) is 0 Å². The summed E-state index contributed by atoms with van der Waals surface area (Å²) in [5.41, 5.74) is 0. The summed E-state index contributed by atoms with van der Waals surface area (Å²) < 4.78 is 39.3. The van der Waals surface area contributed by atoms with Crippen LogP contribution in [0.3, 0.4) is 0 Å². The first-order chi connectivity index (χ1) is 35.2. The molecule has 0 fully saturated rings. The van der Waals surface area contributed by atoms with Crippen LogP contribution in [0.1, 0.15) is 213 Å². The van der Waals surface area contributed by atoms with Gasteiger partial charge >= 0.3 is 25.7 Å². The summed E-state index contributed by atoms with van der Waals surface area (Å²) in [6.07, 6.45) is 63.5. The second-order valence-electron chi connectivity index (χ2n) is 18.0. The van der Waals surface area contributed by atoms with Gasteiger partial charge in [-0.2, -0.15) is 0 Å². The summed E-state index contributed by atoms with van der Waals surface area (Å²) in [6, 6.07) is 0.